The predicted molar refractivity (Wildman–Crippen MR) is 62.4 cm³/mol. The molecule has 0 saturated carbocycles. The van der Waals surface area contributed by atoms with Crippen LogP contribution in [0, 0.1) is 0 Å². The van der Waals surface area contributed by atoms with Crippen molar-refractivity contribution < 1.29 is 4.79 Å². The van der Waals surface area contributed by atoms with Gasteiger partial charge in [0.05, 0.1) is 6.04 Å². The van der Waals surface area contributed by atoms with Crippen molar-refractivity contribution in [3.05, 3.63) is 0 Å². The summed E-state index contributed by atoms with van der Waals surface area (Å²) in [6, 6.07) is -0.339. The molecule has 0 bridgehead atoms. The van der Waals surface area contributed by atoms with Gasteiger partial charge in [-0.15, -0.1) is 0 Å². The average Bonchev–Trinajstić information content (AvgIpc) is 2.14. The number of nitrogens with one attached hydrogen (secondary N) is 1. The zero-order chi connectivity index (χ0) is 10.1. The molecule has 0 saturated heterocycles. The third kappa shape index (κ3) is 7.22. The van der Waals surface area contributed by atoms with Crippen molar-refractivity contribution in [2.45, 2.75) is 12.5 Å². The second-order valence-electron chi connectivity index (χ2n) is 2.67. The van der Waals surface area contributed by atoms with Crippen LogP contribution >= 0.6 is 23.5 Å². The van der Waals surface area contributed by atoms with E-state index in [1.807, 2.05) is 12.5 Å². The third-order valence-corrected chi connectivity index (χ3v) is 2.83. The third-order valence-electron chi connectivity index (χ3n) is 1.58. The Kier molecular flexibility index (Phi) is 8.80. The van der Waals surface area contributed by atoms with Gasteiger partial charge in [-0.25, -0.2) is 0 Å². The van der Waals surface area contributed by atoms with E-state index >= 15 is 0 Å². The van der Waals surface area contributed by atoms with Gasteiger partial charge in [0, 0.05) is 12.3 Å². The van der Waals surface area contributed by atoms with Crippen LogP contribution in [0.3, 0.4) is 0 Å². The Balaban J connectivity index is 3.45. The summed E-state index contributed by atoms with van der Waals surface area (Å²) in [5.41, 5.74) is 5.65. The van der Waals surface area contributed by atoms with E-state index in [9.17, 15) is 4.79 Å². The number of hydrogen-bond donors (Lipinski definition) is 2. The van der Waals surface area contributed by atoms with Gasteiger partial charge in [0.1, 0.15) is 0 Å². The molecule has 3 N–H and O–H groups in total. The van der Waals surface area contributed by atoms with Gasteiger partial charge in [-0.3, -0.25) is 4.79 Å². The largest absolute Gasteiger partial charge is 0.354 e. The van der Waals surface area contributed by atoms with E-state index in [2.05, 4.69) is 5.32 Å². The Bertz CT molecular complexity index is 144. The van der Waals surface area contributed by atoms with Crippen LogP contribution in [-0.4, -0.2) is 42.5 Å². The molecule has 0 aliphatic carbocycles. The van der Waals surface area contributed by atoms with Gasteiger partial charge in [0.15, 0.2) is 0 Å². The molecule has 0 aliphatic rings. The fourth-order valence-electron chi connectivity index (χ4n) is 0.783. The summed E-state index contributed by atoms with van der Waals surface area (Å²) in [4.78, 5) is 11.3. The van der Waals surface area contributed by atoms with Gasteiger partial charge in [0.2, 0.25) is 5.91 Å². The zero-order valence-electron chi connectivity index (χ0n) is 8.21. The summed E-state index contributed by atoms with van der Waals surface area (Å²) in [7, 11) is 0. The molecule has 1 atom stereocenters. The summed E-state index contributed by atoms with van der Waals surface area (Å²) in [6.07, 6.45) is 4.78. The summed E-state index contributed by atoms with van der Waals surface area (Å²) in [6.45, 7) is 0.715. The maximum Gasteiger partial charge on any atom is 0.236 e. The molecule has 5 heteroatoms. The molecule has 78 valence electrons. The first kappa shape index (κ1) is 13.1. The van der Waals surface area contributed by atoms with Gasteiger partial charge >= 0.3 is 0 Å². The summed E-state index contributed by atoms with van der Waals surface area (Å²) in [5, 5.41) is 2.80. The van der Waals surface area contributed by atoms with Crippen molar-refractivity contribution in [2.24, 2.45) is 5.73 Å². The lowest BCUT2D eigenvalue weighted by Crippen LogP contribution is -2.41. The van der Waals surface area contributed by atoms with Crippen LogP contribution in [0.4, 0.5) is 0 Å². The molecule has 0 fully saturated rings. The molecule has 0 unspecified atom stereocenters. The number of nitrogens with two attached hydrogens (primary N) is 1. The van der Waals surface area contributed by atoms with Crippen LogP contribution < -0.4 is 11.1 Å². The molecule has 0 aromatic carbocycles. The van der Waals surface area contributed by atoms with Crippen LogP contribution in [0.2, 0.25) is 0 Å². The van der Waals surface area contributed by atoms with Gasteiger partial charge in [0.25, 0.3) is 0 Å². The van der Waals surface area contributed by atoms with Crippen molar-refractivity contribution in [1.82, 2.24) is 5.32 Å². The molecule has 1 amide bonds. The van der Waals surface area contributed by atoms with Gasteiger partial charge in [-0.2, -0.15) is 23.5 Å². The van der Waals surface area contributed by atoms with Crippen molar-refractivity contribution >= 4 is 29.4 Å². The van der Waals surface area contributed by atoms with Gasteiger partial charge in [-0.1, -0.05) is 0 Å². The number of hydrogen-bond acceptors (Lipinski definition) is 4. The van der Waals surface area contributed by atoms with Crippen molar-refractivity contribution in [3.63, 3.8) is 0 Å². The standard InChI is InChI=1S/C8H18N2OS2/c1-12-5-3-7(9)8(11)10-4-6-13-2/h7H,3-6,9H2,1-2H3,(H,10,11)/t7-/m0/s1. The van der Waals surface area contributed by atoms with Crippen molar-refractivity contribution in [2.75, 3.05) is 30.6 Å². The minimum atomic E-state index is -0.339. The number of rotatable bonds is 7. The van der Waals surface area contributed by atoms with Crippen LogP contribution in [0.15, 0.2) is 0 Å². The number of amides is 1. The zero-order valence-corrected chi connectivity index (χ0v) is 9.84. The van der Waals surface area contributed by atoms with E-state index in [1.165, 1.54) is 0 Å². The smallest absolute Gasteiger partial charge is 0.236 e. The lowest BCUT2D eigenvalue weighted by molar-refractivity contribution is -0.122. The van der Waals surface area contributed by atoms with E-state index < -0.39 is 0 Å². The fourth-order valence-corrected chi connectivity index (χ4v) is 1.58. The first-order chi connectivity index (χ1) is 6.22. The highest BCUT2D eigenvalue weighted by molar-refractivity contribution is 7.98. The van der Waals surface area contributed by atoms with Gasteiger partial charge in [-0.05, 0) is 24.7 Å². The maximum atomic E-state index is 11.3. The molecule has 0 heterocycles. The molecule has 0 spiro atoms. The normalized spacial score (nSPS) is 12.5. The topological polar surface area (TPSA) is 55.1 Å². The minimum absolute atomic E-state index is 0.0249. The Morgan fingerprint density at radius 3 is 2.54 bits per heavy atom. The first-order valence-electron chi connectivity index (χ1n) is 4.23. The molecule has 0 aromatic rings. The van der Waals surface area contributed by atoms with Crippen LogP contribution in [-0.2, 0) is 4.79 Å². The fraction of sp³-hybridized carbons (Fsp3) is 0.875. The van der Waals surface area contributed by atoms with Crippen LogP contribution in [0.25, 0.3) is 0 Å². The highest BCUT2D eigenvalue weighted by Crippen LogP contribution is 1.98. The summed E-state index contributed by atoms with van der Waals surface area (Å²) < 4.78 is 0. The molecule has 0 rings (SSSR count). The van der Waals surface area contributed by atoms with Crippen LogP contribution in [0.5, 0.6) is 0 Å². The molecule has 0 aromatic heterocycles. The molecule has 13 heavy (non-hydrogen) atoms. The average molecular weight is 222 g/mol. The van der Waals surface area contributed by atoms with E-state index in [-0.39, 0.29) is 11.9 Å². The number of carbonyl (C=O) groups is 1. The van der Waals surface area contributed by atoms with E-state index in [0.717, 1.165) is 17.9 Å². The summed E-state index contributed by atoms with van der Waals surface area (Å²) >= 11 is 3.43. The van der Waals surface area contributed by atoms with Crippen LogP contribution in [0.1, 0.15) is 6.42 Å². The highest BCUT2D eigenvalue weighted by Gasteiger charge is 2.11. The summed E-state index contributed by atoms with van der Waals surface area (Å²) in [5.74, 6) is 1.86. The Morgan fingerprint density at radius 2 is 2.00 bits per heavy atom. The molecule has 0 radical (unpaired) electrons. The minimum Gasteiger partial charge on any atom is -0.354 e. The Hall–Kier alpha value is 0.130. The molecule has 0 aliphatic heterocycles. The van der Waals surface area contributed by atoms with E-state index in [1.54, 1.807) is 23.5 Å². The predicted octanol–water partition coefficient (Wildman–Crippen LogP) is 0.546. The lowest BCUT2D eigenvalue weighted by Gasteiger charge is -2.10. The van der Waals surface area contributed by atoms with Crippen molar-refractivity contribution in [1.29, 1.82) is 0 Å². The van der Waals surface area contributed by atoms with E-state index in [0.29, 0.717) is 6.54 Å². The quantitative estimate of drug-likeness (QED) is 0.618. The SMILES string of the molecule is CSCCNC(=O)[C@@H](N)CCSC. The van der Waals surface area contributed by atoms with E-state index in [4.69, 9.17) is 5.73 Å². The Morgan fingerprint density at radius 1 is 1.38 bits per heavy atom. The lowest BCUT2D eigenvalue weighted by atomic mass is 10.2. The van der Waals surface area contributed by atoms with Crippen molar-refractivity contribution in [3.8, 4) is 0 Å². The van der Waals surface area contributed by atoms with Gasteiger partial charge < -0.3 is 11.1 Å². The number of carbonyl (C=O) groups excluding carboxylic acids is 1. The maximum absolute atomic E-state index is 11.3. The molecule has 3 nitrogen and oxygen atoms in total. The second kappa shape index (κ2) is 8.72. The Labute approximate surface area is 88.6 Å². The first-order valence-corrected chi connectivity index (χ1v) is 7.02. The highest BCUT2D eigenvalue weighted by atomic mass is 32.2. The second-order valence-corrected chi connectivity index (χ2v) is 4.64. The molecular formula is C8H18N2OS2. The molecular weight excluding hydrogens is 204 g/mol. The monoisotopic (exact) mass is 222 g/mol. The number of thioether (sulfide) groups is 2.